The van der Waals surface area contributed by atoms with Crippen molar-refractivity contribution < 1.29 is 19.1 Å². The van der Waals surface area contributed by atoms with Gasteiger partial charge in [-0.2, -0.15) is 0 Å². The molecule has 11 heteroatoms. The summed E-state index contributed by atoms with van der Waals surface area (Å²) >= 11 is 0. The second kappa shape index (κ2) is 13.2. The van der Waals surface area contributed by atoms with E-state index in [-0.39, 0.29) is 17.9 Å². The molecule has 0 aliphatic carbocycles. The van der Waals surface area contributed by atoms with Gasteiger partial charge in [-0.15, -0.1) is 0 Å². The molecule has 1 aromatic carbocycles. The number of nitrogens with one attached hydrogen (secondary N) is 1. The number of morpholine rings is 1. The summed E-state index contributed by atoms with van der Waals surface area (Å²) in [4.78, 5) is 31.3. The van der Waals surface area contributed by atoms with Crippen molar-refractivity contribution in [2.45, 2.75) is 32.8 Å². The molecule has 2 saturated heterocycles. The topological polar surface area (TPSA) is 127 Å². The van der Waals surface area contributed by atoms with E-state index in [1.165, 1.54) is 6.33 Å². The second-order valence-electron chi connectivity index (χ2n) is 9.46. The Balaban J connectivity index is 1.27. The molecule has 1 amide bonds. The number of oxime groups is 1. The number of aromatic nitrogens is 2. The van der Waals surface area contributed by atoms with E-state index >= 15 is 0 Å². The van der Waals surface area contributed by atoms with Gasteiger partial charge >= 0.3 is 0 Å². The summed E-state index contributed by atoms with van der Waals surface area (Å²) in [6.07, 6.45) is 4.55. The van der Waals surface area contributed by atoms with Crippen LogP contribution in [0.2, 0.25) is 0 Å². The molecule has 2 aliphatic rings. The number of amides is 1. The summed E-state index contributed by atoms with van der Waals surface area (Å²) in [6, 6.07) is 7.46. The van der Waals surface area contributed by atoms with Crippen LogP contribution in [0.1, 0.15) is 32.3 Å². The molecule has 0 bridgehead atoms. The minimum atomic E-state index is -0.0809. The number of hydrogen-bond donors (Lipinski definition) is 2. The number of nitrogens with zero attached hydrogens (tertiary/aromatic N) is 5. The largest absolute Gasteiger partial charge is 0.491 e. The summed E-state index contributed by atoms with van der Waals surface area (Å²) < 4.78 is 11.0. The van der Waals surface area contributed by atoms with Gasteiger partial charge in [-0.1, -0.05) is 5.16 Å². The van der Waals surface area contributed by atoms with Gasteiger partial charge < -0.3 is 30.3 Å². The Morgan fingerprint density at radius 2 is 1.92 bits per heavy atom. The van der Waals surface area contributed by atoms with Gasteiger partial charge in [-0.3, -0.25) is 9.69 Å². The molecule has 3 heterocycles. The van der Waals surface area contributed by atoms with Crippen molar-refractivity contribution in [3.05, 3.63) is 36.2 Å². The van der Waals surface area contributed by atoms with Crippen LogP contribution in [0.15, 0.2) is 35.7 Å². The predicted molar refractivity (Wildman–Crippen MR) is 143 cm³/mol. The molecular weight excluding hydrogens is 474 g/mol. The molecule has 0 radical (unpaired) electrons. The smallest absolute Gasteiger partial charge is 0.227 e. The first-order valence-electron chi connectivity index (χ1n) is 12.9. The van der Waals surface area contributed by atoms with Crippen molar-refractivity contribution in [2.24, 2.45) is 11.1 Å². The minimum Gasteiger partial charge on any atom is -0.491 e. The summed E-state index contributed by atoms with van der Waals surface area (Å²) in [5.74, 6) is 1.77. The van der Waals surface area contributed by atoms with Crippen LogP contribution in [-0.2, 0) is 14.4 Å². The van der Waals surface area contributed by atoms with Crippen LogP contribution in [0, 0.1) is 5.92 Å². The lowest BCUT2D eigenvalue weighted by molar-refractivity contribution is -0.120. The van der Waals surface area contributed by atoms with E-state index in [0.29, 0.717) is 49.7 Å². The lowest BCUT2D eigenvalue weighted by Crippen LogP contribution is -2.39. The van der Waals surface area contributed by atoms with E-state index in [0.717, 1.165) is 44.3 Å². The highest BCUT2D eigenvalue weighted by atomic mass is 16.6. The maximum absolute atomic E-state index is 12.9. The zero-order chi connectivity index (χ0) is 26.0. The highest BCUT2D eigenvalue weighted by molar-refractivity contribution is 5.93. The first kappa shape index (κ1) is 26.6. The first-order chi connectivity index (χ1) is 18.0. The van der Waals surface area contributed by atoms with Crippen LogP contribution in [0.5, 0.6) is 5.75 Å². The minimum absolute atomic E-state index is 0.0230. The number of nitrogens with two attached hydrogens (primary N) is 1. The zero-order valence-corrected chi connectivity index (χ0v) is 21.6. The summed E-state index contributed by atoms with van der Waals surface area (Å²) in [6.45, 7) is 9.91. The zero-order valence-electron chi connectivity index (χ0n) is 21.6. The normalized spacial score (nSPS) is 17.3. The average Bonchev–Trinajstić information content (AvgIpc) is 2.91. The Bertz CT molecular complexity index is 1030. The molecule has 0 unspecified atom stereocenters. The van der Waals surface area contributed by atoms with E-state index in [1.807, 2.05) is 38.1 Å². The molecule has 3 N–H and O–H groups in total. The molecule has 2 aromatic rings. The quantitative estimate of drug-likeness (QED) is 0.281. The van der Waals surface area contributed by atoms with Gasteiger partial charge in [0.15, 0.2) is 0 Å². The molecule has 0 saturated carbocycles. The SMILES string of the molecule is CC(C)Oc1ccc(NC(=O)C2CCN(c3ncnc(N)c3/C=N/OCCN3CCOCC3)CC2)cc1. The van der Waals surface area contributed by atoms with Gasteiger partial charge in [0.1, 0.15) is 30.3 Å². The van der Waals surface area contributed by atoms with Crippen molar-refractivity contribution >= 4 is 29.4 Å². The number of rotatable bonds is 10. The molecule has 2 fully saturated rings. The Morgan fingerprint density at radius 1 is 1.19 bits per heavy atom. The van der Waals surface area contributed by atoms with E-state index in [2.05, 4.69) is 30.2 Å². The number of hydrogen-bond acceptors (Lipinski definition) is 10. The Kier molecular flexibility index (Phi) is 9.50. The highest BCUT2D eigenvalue weighted by Crippen LogP contribution is 2.27. The van der Waals surface area contributed by atoms with Crippen LogP contribution in [0.4, 0.5) is 17.3 Å². The number of nitrogen functional groups attached to an aromatic ring is 1. The van der Waals surface area contributed by atoms with Crippen molar-refractivity contribution in [2.75, 3.05) is 68.5 Å². The summed E-state index contributed by atoms with van der Waals surface area (Å²) in [5, 5.41) is 7.14. The molecule has 0 spiro atoms. The van der Waals surface area contributed by atoms with Gasteiger partial charge in [0, 0.05) is 44.3 Å². The molecule has 2 aliphatic heterocycles. The number of carbonyl (C=O) groups is 1. The fourth-order valence-corrected chi connectivity index (χ4v) is 4.40. The summed E-state index contributed by atoms with van der Waals surface area (Å²) in [5.41, 5.74) is 7.53. The van der Waals surface area contributed by atoms with Gasteiger partial charge in [0.05, 0.1) is 31.1 Å². The molecule has 1 aromatic heterocycles. The first-order valence-corrected chi connectivity index (χ1v) is 12.9. The predicted octanol–water partition coefficient (Wildman–Crippen LogP) is 2.38. The molecule has 4 rings (SSSR count). The third-order valence-corrected chi connectivity index (χ3v) is 6.41. The molecule has 37 heavy (non-hydrogen) atoms. The summed E-state index contributed by atoms with van der Waals surface area (Å²) in [7, 11) is 0. The third kappa shape index (κ3) is 7.77. The van der Waals surface area contributed by atoms with E-state index in [4.69, 9.17) is 20.0 Å². The Hall–Kier alpha value is -3.44. The Labute approximate surface area is 218 Å². The van der Waals surface area contributed by atoms with Gasteiger partial charge in [0.25, 0.3) is 0 Å². The lowest BCUT2D eigenvalue weighted by Gasteiger charge is -2.32. The third-order valence-electron chi connectivity index (χ3n) is 6.41. The van der Waals surface area contributed by atoms with Crippen LogP contribution in [0.3, 0.4) is 0 Å². The lowest BCUT2D eigenvalue weighted by atomic mass is 9.95. The molecule has 0 atom stereocenters. The number of carbonyl (C=O) groups excluding carboxylic acids is 1. The maximum atomic E-state index is 12.9. The number of anilines is 3. The molecule has 11 nitrogen and oxygen atoms in total. The standard InChI is InChI=1S/C26H37N7O4/c1-19(2)37-22-5-3-21(4-6-22)31-26(34)20-7-9-33(10-8-20)25-23(24(27)28-18-29-25)17-30-36-16-13-32-11-14-35-15-12-32/h3-6,17-20H,7-16H2,1-2H3,(H,31,34)(H2,27,28,29)/b30-17+. The van der Waals surface area contributed by atoms with E-state index < -0.39 is 0 Å². The average molecular weight is 512 g/mol. The maximum Gasteiger partial charge on any atom is 0.227 e. The van der Waals surface area contributed by atoms with Crippen LogP contribution in [0.25, 0.3) is 0 Å². The van der Waals surface area contributed by atoms with Gasteiger partial charge in [-0.05, 0) is 51.0 Å². The van der Waals surface area contributed by atoms with Crippen LogP contribution in [-0.4, -0.2) is 85.6 Å². The Morgan fingerprint density at radius 3 is 2.62 bits per heavy atom. The van der Waals surface area contributed by atoms with Crippen LogP contribution < -0.4 is 20.7 Å². The van der Waals surface area contributed by atoms with Crippen molar-refractivity contribution in [3.63, 3.8) is 0 Å². The molecule has 200 valence electrons. The number of piperidine rings is 1. The second-order valence-corrected chi connectivity index (χ2v) is 9.46. The van der Waals surface area contributed by atoms with Crippen molar-refractivity contribution in [3.8, 4) is 5.75 Å². The van der Waals surface area contributed by atoms with Crippen LogP contribution >= 0.6 is 0 Å². The highest BCUT2D eigenvalue weighted by Gasteiger charge is 2.27. The van der Waals surface area contributed by atoms with Crippen molar-refractivity contribution in [1.82, 2.24) is 14.9 Å². The van der Waals surface area contributed by atoms with Gasteiger partial charge in [0.2, 0.25) is 5.91 Å². The number of ether oxygens (including phenoxy) is 2. The van der Waals surface area contributed by atoms with E-state index in [1.54, 1.807) is 6.21 Å². The monoisotopic (exact) mass is 511 g/mol. The van der Waals surface area contributed by atoms with Gasteiger partial charge in [-0.25, -0.2) is 9.97 Å². The fourth-order valence-electron chi connectivity index (χ4n) is 4.40. The number of benzene rings is 1. The molecular formula is C26H37N7O4. The van der Waals surface area contributed by atoms with Crippen molar-refractivity contribution in [1.29, 1.82) is 0 Å². The van der Waals surface area contributed by atoms with E-state index in [9.17, 15) is 4.79 Å². The fraction of sp³-hybridized carbons (Fsp3) is 0.538.